The molecule has 0 unspecified atom stereocenters. The molecule has 0 atom stereocenters. The van der Waals surface area contributed by atoms with Crippen molar-refractivity contribution in [2.45, 2.75) is 26.4 Å². The third-order valence-electron chi connectivity index (χ3n) is 5.68. The van der Waals surface area contributed by atoms with Crippen molar-refractivity contribution in [2.75, 3.05) is 32.6 Å². The third kappa shape index (κ3) is 6.19. The molecule has 184 valence electrons. The molecule has 4 rings (SSSR count). The molecule has 0 radical (unpaired) electrons. The van der Waals surface area contributed by atoms with E-state index in [0.29, 0.717) is 28.3 Å². The summed E-state index contributed by atoms with van der Waals surface area (Å²) < 4.78 is 11.9. The Morgan fingerprint density at radius 1 is 0.971 bits per heavy atom. The maximum absolute atomic E-state index is 13.6. The summed E-state index contributed by atoms with van der Waals surface area (Å²) in [5.41, 5.74) is 3.34. The van der Waals surface area contributed by atoms with E-state index in [9.17, 15) is 9.59 Å². The van der Waals surface area contributed by atoms with Gasteiger partial charge in [0, 0.05) is 32.7 Å². The molecule has 7 heteroatoms. The highest BCUT2D eigenvalue weighted by Gasteiger charge is 2.29. The Hall–Kier alpha value is -3.84. The Morgan fingerprint density at radius 2 is 1.57 bits per heavy atom. The number of hydrogen-bond acceptors (Lipinski definition) is 5. The lowest BCUT2D eigenvalue weighted by Crippen LogP contribution is -2.28. The van der Waals surface area contributed by atoms with Crippen LogP contribution in [0.25, 0.3) is 11.1 Å². The molecule has 1 aliphatic rings. The van der Waals surface area contributed by atoms with Crippen molar-refractivity contribution < 1.29 is 24.2 Å². The monoisotopic (exact) mass is 476 g/mol. The second kappa shape index (κ2) is 12.6. The smallest absolute Gasteiger partial charge is 0.254 e. The van der Waals surface area contributed by atoms with Crippen LogP contribution in [0.3, 0.4) is 0 Å². The quantitative estimate of drug-likeness (QED) is 0.514. The van der Waals surface area contributed by atoms with Crippen molar-refractivity contribution in [3.05, 3.63) is 77.9 Å². The molecule has 1 aliphatic heterocycles. The number of carbonyl (C=O) groups excluding carboxylic acids is 2. The lowest BCUT2D eigenvalue weighted by Gasteiger charge is -2.24. The number of benzene rings is 3. The van der Waals surface area contributed by atoms with E-state index in [1.807, 2.05) is 65.6 Å². The molecule has 1 heterocycles. The lowest BCUT2D eigenvalue weighted by molar-refractivity contribution is -0.114. The standard InChI is InChI=1S/C27H28N2O4.CH4O/c1-19(30)28-25-24(21-13-7-4-8-14-21)22(27(31)29-15-9-10-16-29)17-23(32-2)26(25)33-18-20-11-5-3-6-12-20;1-2/h3-8,11-14,17H,9-10,15-16,18H2,1-2H3,(H,28,30);2H,1H3. The number of aliphatic hydroxyl groups is 1. The van der Waals surface area contributed by atoms with Gasteiger partial charge in [-0.2, -0.15) is 0 Å². The molecule has 35 heavy (non-hydrogen) atoms. The number of aliphatic hydroxyl groups excluding tert-OH is 1. The van der Waals surface area contributed by atoms with Gasteiger partial charge in [0.15, 0.2) is 11.5 Å². The van der Waals surface area contributed by atoms with Crippen molar-refractivity contribution >= 4 is 17.5 Å². The second-order valence-electron chi connectivity index (χ2n) is 8.03. The predicted octanol–water partition coefficient (Wildman–Crippen LogP) is 4.74. The normalized spacial score (nSPS) is 12.4. The molecule has 3 aromatic carbocycles. The maximum Gasteiger partial charge on any atom is 0.254 e. The molecule has 0 aromatic heterocycles. The summed E-state index contributed by atoms with van der Waals surface area (Å²) in [5.74, 6) is 0.459. The van der Waals surface area contributed by atoms with E-state index >= 15 is 0 Å². The first-order chi connectivity index (χ1) is 17.1. The minimum atomic E-state index is -0.260. The lowest BCUT2D eigenvalue weighted by atomic mass is 9.95. The van der Waals surface area contributed by atoms with Crippen LogP contribution in [-0.2, 0) is 11.4 Å². The van der Waals surface area contributed by atoms with Crippen molar-refractivity contribution in [3.63, 3.8) is 0 Å². The van der Waals surface area contributed by atoms with Crippen LogP contribution < -0.4 is 14.8 Å². The average Bonchev–Trinajstić information content (AvgIpc) is 3.44. The van der Waals surface area contributed by atoms with Crippen LogP contribution in [0.1, 0.15) is 35.7 Å². The first kappa shape index (κ1) is 25.8. The number of methoxy groups -OCH3 is 1. The highest BCUT2D eigenvalue weighted by atomic mass is 16.5. The van der Waals surface area contributed by atoms with Crippen LogP contribution in [0.15, 0.2) is 66.7 Å². The second-order valence-corrected chi connectivity index (χ2v) is 8.03. The first-order valence-corrected chi connectivity index (χ1v) is 11.6. The number of nitrogens with zero attached hydrogens (tertiary/aromatic N) is 1. The number of likely N-dealkylation sites (tertiary alicyclic amines) is 1. The Bertz CT molecular complexity index is 1130. The van der Waals surface area contributed by atoms with Gasteiger partial charge < -0.3 is 24.8 Å². The van der Waals surface area contributed by atoms with E-state index in [0.717, 1.165) is 44.2 Å². The molecule has 2 amide bonds. The van der Waals surface area contributed by atoms with Gasteiger partial charge in [-0.1, -0.05) is 60.7 Å². The highest BCUT2D eigenvalue weighted by molar-refractivity contribution is 6.08. The average molecular weight is 477 g/mol. The zero-order valence-corrected chi connectivity index (χ0v) is 20.4. The van der Waals surface area contributed by atoms with E-state index in [4.69, 9.17) is 14.6 Å². The summed E-state index contributed by atoms with van der Waals surface area (Å²) in [6.45, 7) is 3.17. The van der Waals surface area contributed by atoms with E-state index in [2.05, 4.69) is 5.32 Å². The predicted molar refractivity (Wildman–Crippen MR) is 137 cm³/mol. The van der Waals surface area contributed by atoms with Crippen molar-refractivity contribution in [1.29, 1.82) is 0 Å². The van der Waals surface area contributed by atoms with Crippen LogP contribution in [0, 0.1) is 0 Å². The van der Waals surface area contributed by atoms with Gasteiger partial charge in [-0.3, -0.25) is 9.59 Å². The van der Waals surface area contributed by atoms with Gasteiger partial charge >= 0.3 is 0 Å². The van der Waals surface area contributed by atoms with Crippen molar-refractivity contribution in [1.82, 2.24) is 4.90 Å². The van der Waals surface area contributed by atoms with E-state index in [-0.39, 0.29) is 18.4 Å². The Labute approximate surface area is 206 Å². The Morgan fingerprint density at radius 3 is 2.14 bits per heavy atom. The molecule has 0 bridgehead atoms. The van der Waals surface area contributed by atoms with Crippen LogP contribution in [0.5, 0.6) is 11.5 Å². The molecule has 7 nitrogen and oxygen atoms in total. The van der Waals surface area contributed by atoms with E-state index in [1.54, 1.807) is 6.07 Å². The highest BCUT2D eigenvalue weighted by Crippen LogP contribution is 2.46. The van der Waals surface area contributed by atoms with E-state index < -0.39 is 0 Å². The molecular weight excluding hydrogens is 444 g/mol. The number of anilines is 1. The number of hydrogen-bond donors (Lipinski definition) is 2. The zero-order chi connectivity index (χ0) is 25.2. The molecule has 1 fully saturated rings. The number of amides is 2. The maximum atomic E-state index is 13.6. The number of rotatable bonds is 7. The Balaban J connectivity index is 0.00000167. The van der Waals surface area contributed by atoms with Gasteiger partial charge in [-0.05, 0) is 30.0 Å². The van der Waals surface area contributed by atoms with Gasteiger partial charge in [-0.25, -0.2) is 0 Å². The fourth-order valence-electron chi connectivity index (χ4n) is 4.12. The summed E-state index contributed by atoms with van der Waals surface area (Å²) in [5, 5.41) is 9.92. The molecule has 1 saturated heterocycles. The minimum absolute atomic E-state index is 0.0779. The topological polar surface area (TPSA) is 88.1 Å². The molecular formula is C28H32N2O5. The number of ether oxygens (including phenoxy) is 2. The molecule has 2 N–H and O–H groups in total. The fourth-order valence-corrected chi connectivity index (χ4v) is 4.12. The first-order valence-electron chi connectivity index (χ1n) is 11.6. The number of carbonyl (C=O) groups is 2. The number of nitrogens with one attached hydrogen (secondary N) is 1. The van der Waals surface area contributed by atoms with E-state index in [1.165, 1.54) is 14.0 Å². The van der Waals surface area contributed by atoms with Gasteiger partial charge in [-0.15, -0.1) is 0 Å². The van der Waals surface area contributed by atoms with Crippen LogP contribution in [0.4, 0.5) is 5.69 Å². The van der Waals surface area contributed by atoms with Crippen LogP contribution >= 0.6 is 0 Å². The van der Waals surface area contributed by atoms with Crippen LogP contribution in [0.2, 0.25) is 0 Å². The Kier molecular flexibility index (Phi) is 9.26. The van der Waals surface area contributed by atoms with Crippen molar-refractivity contribution in [2.24, 2.45) is 0 Å². The van der Waals surface area contributed by atoms with Gasteiger partial charge in [0.1, 0.15) is 6.61 Å². The minimum Gasteiger partial charge on any atom is -0.493 e. The summed E-state index contributed by atoms with van der Waals surface area (Å²) in [4.78, 5) is 27.7. The summed E-state index contributed by atoms with van der Waals surface area (Å²) >= 11 is 0. The van der Waals surface area contributed by atoms with Crippen LogP contribution in [-0.4, -0.2) is 49.1 Å². The van der Waals surface area contributed by atoms with Gasteiger partial charge in [0.25, 0.3) is 5.91 Å². The summed E-state index contributed by atoms with van der Waals surface area (Å²) in [6.07, 6.45) is 1.97. The molecule has 0 aliphatic carbocycles. The van der Waals surface area contributed by atoms with Gasteiger partial charge in [0.2, 0.25) is 5.91 Å². The molecule has 3 aromatic rings. The SMILES string of the molecule is CO.COc1cc(C(=O)N2CCCC2)c(-c2ccccc2)c(NC(C)=O)c1OCc1ccccc1. The summed E-state index contributed by atoms with van der Waals surface area (Å²) in [6, 6.07) is 21.1. The molecule has 0 spiro atoms. The third-order valence-corrected chi connectivity index (χ3v) is 5.68. The zero-order valence-electron chi connectivity index (χ0n) is 20.4. The van der Waals surface area contributed by atoms with Crippen molar-refractivity contribution in [3.8, 4) is 22.6 Å². The van der Waals surface area contributed by atoms with Gasteiger partial charge in [0.05, 0.1) is 18.4 Å². The fraction of sp³-hybridized carbons (Fsp3) is 0.286. The molecule has 0 saturated carbocycles. The summed E-state index contributed by atoms with van der Waals surface area (Å²) in [7, 11) is 2.54. The largest absolute Gasteiger partial charge is 0.493 e.